The second-order valence-electron chi connectivity index (χ2n) is 4.43. The fraction of sp³-hybridized carbons (Fsp3) is 0.615. The first kappa shape index (κ1) is 14.4. The summed E-state index contributed by atoms with van der Waals surface area (Å²) in [5, 5.41) is 20.2. The molecule has 1 rings (SSSR count). The number of carboxylic acid groups (broad SMARTS) is 1. The zero-order valence-electron chi connectivity index (χ0n) is 11.3. The molecule has 0 aliphatic rings. The van der Waals surface area contributed by atoms with Crippen molar-refractivity contribution < 1.29 is 9.90 Å². The van der Waals surface area contributed by atoms with Crippen LogP contribution in [-0.4, -0.2) is 27.8 Å². The van der Waals surface area contributed by atoms with Crippen molar-refractivity contribution in [1.29, 1.82) is 0 Å². The zero-order chi connectivity index (χ0) is 13.5. The molecule has 0 spiro atoms. The van der Waals surface area contributed by atoms with Crippen molar-refractivity contribution in [2.45, 2.75) is 46.5 Å². The van der Waals surface area contributed by atoms with Gasteiger partial charge in [0.25, 0.3) is 0 Å². The van der Waals surface area contributed by atoms with Crippen molar-refractivity contribution in [3.8, 4) is 0 Å². The molecule has 18 heavy (non-hydrogen) atoms. The predicted molar refractivity (Wildman–Crippen MR) is 71.1 cm³/mol. The van der Waals surface area contributed by atoms with Crippen molar-refractivity contribution >= 4 is 11.8 Å². The van der Waals surface area contributed by atoms with Crippen molar-refractivity contribution in [3.05, 3.63) is 16.8 Å². The van der Waals surface area contributed by atoms with E-state index in [4.69, 9.17) is 0 Å². The monoisotopic (exact) mass is 251 g/mol. The summed E-state index contributed by atoms with van der Waals surface area (Å²) in [6, 6.07) is 0. The number of aryl methyl sites for hydroxylation is 1. The number of hydrogen-bond donors (Lipinski definition) is 2. The first-order valence-corrected chi connectivity index (χ1v) is 6.39. The van der Waals surface area contributed by atoms with E-state index in [1.165, 1.54) is 12.8 Å². The van der Waals surface area contributed by atoms with Crippen molar-refractivity contribution in [1.82, 2.24) is 10.2 Å². The second-order valence-corrected chi connectivity index (χ2v) is 4.43. The molecular formula is C13H21N3O2. The van der Waals surface area contributed by atoms with Gasteiger partial charge >= 0.3 is 5.97 Å². The number of carboxylic acids is 1. The molecule has 0 radical (unpaired) electrons. The summed E-state index contributed by atoms with van der Waals surface area (Å²) in [7, 11) is 0. The largest absolute Gasteiger partial charge is 0.478 e. The van der Waals surface area contributed by atoms with Crippen molar-refractivity contribution in [3.63, 3.8) is 0 Å². The minimum Gasteiger partial charge on any atom is -0.478 e. The van der Waals surface area contributed by atoms with Crippen molar-refractivity contribution in [2.24, 2.45) is 0 Å². The smallest absolute Gasteiger partial charge is 0.339 e. The van der Waals surface area contributed by atoms with Gasteiger partial charge in [0.15, 0.2) is 5.82 Å². The number of aromatic carboxylic acids is 1. The average Bonchev–Trinajstić information content (AvgIpc) is 2.33. The molecule has 1 aromatic rings. The number of rotatable bonds is 7. The van der Waals surface area contributed by atoms with Crippen LogP contribution in [0, 0.1) is 13.8 Å². The zero-order valence-corrected chi connectivity index (χ0v) is 11.3. The van der Waals surface area contributed by atoms with Crippen LogP contribution in [0.1, 0.15) is 54.2 Å². The molecule has 0 aliphatic heterocycles. The molecular weight excluding hydrogens is 230 g/mol. The molecule has 0 atom stereocenters. The maximum atomic E-state index is 11.2. The van der Waals surface area contributed by atoms with Gasteiger partial charge in [-0.2, -0.15) is 5.10 Å². The van der Waals surface area contributed by atoms with Crippen LogP contribution < -0.4 is 5.32 Å². The molecule has 0 saturated carbocycles. The maximum Gasteiger partial charge on any atom is 0.339 e. The van der Waals surface area contributed by atoms with E-state index in [1.807, 2.05) is 0 Å². The summed E-state index contributed by atoms with van der Waals surface area (Å²) >= 11 is 0. The standard InChI is InChI=1S/C13H21N3O2/c1-4-5-6-7-8-14-12-11(13(17)18)9(2)10(3)15-16-12/h4-8H2,1-3H3,(H,14,16)(H,17,18). The van der Waals surface area contributed by atoms with Crippen LogP contribution in [0.15, 0.2) is 0 Å². The SMILES string of the molecule is CCCCCCNc1nnc(C)c(C)c1C(=O)O. The molecule has 0 unspecified atom stereocenters. The van der Waals surface area contributed by atoms with Crippen LogP contribution in [0.3, 0.4) is 0 Å². The highest BCUT2D eigenvalue weighted by Gasteiger charge is 2.17. The lowest BCUT2D eigenvalue weighted by Crippen LogP contribution is -2.13. The highest BCUT2D eigenvalue weighted by Crippen LogP contribution is 2.18. The number of aromatic nitrogens is 2. The molecule has 0 aromatic carbocycles. The number of hydrogen-bond acceptors (Lipinski definition) is 4. The molecule has 0 fully saturated rings. The van der Waals surface area contributed by atoms with Crippen LogP contribution in [0.2, 0.25) is 0 Å². The van der Waals surface area contributed by atoms with Crippen LogP contribution in [0.4, 0.5) is 5.82 Å². The van der Waals surface area contributed by atoms with Crippen LogP contribution in [0.25, 0.3) is 0 Å². The van der Waals surface area contributed by atoms with E-state index >= 15 is 0 Å². The van der Waals surface area contributed by atoms with E-state index in [1.54, 1.807) is 13.8 Å². The molecule has 1 heterocycles. The fourth-order valence-corrected chi connectivity index (χ4v) is 1.75. The topological polar surface area (TPSA) is 75.1 Å². The molecule has 5 nitrogen and oxygen atoms in total. The third-order valence-electron chi connectivity index (χ3n) is 2.99. The summed E-state index contributed by atoms with van der Waals surface area (Å²) in [5.41, 5.74) is 1.57. The Balaban J connectivity index is 2.70. The predicted octanol–water partition coefficient (Wildman–Crippen LogP) is 2.78. The van der Waals surface area contributed by atoms with Gasteiger partial charge in [-0.15, -0.1) is 5.10 Å². The first-order chi connectivity index (χ1) is 8.57. The molecule has 2 N–H and O–H groups in total. The number of nitrogens with one attached hydrogen (secondary N) is 1. The number of nitrogens with zero attached hydrogens (tertiary/aromatic N) is 2. The van der Waals surface area contributed by atoms with E-state index in [9.17, 15) is 9.90 Å². The maximum absolute atomic E-state index is 11.2. The van der Waals surface area contributed by atoms with Gasteiger partial charge in [0.1, 0.15) is 5.56 Å². The Kier molecular flexibility index (Phi) is 5.55. The van der Waals surface area contributed by atoms with Crippen LogP contribution in [0.5, 0.6) is 0 Å². The molecule has 0 amide bonds. The van der Waals surface area contributed by atoms with Gasteiger partial charge in [-0.05, 0) is 25.8 Å². The van der Waals surface area contributed by atoms with E-state index in [2.05, 4.69) is 22.4 Å². The summed E-state index contributed by atoms with van der Waals surface area (Å²) in [4.78, 5) is 11.2. The van der Waals surface area contributed by atoms with Gasteiger partial charge in [0, 0.05) is 6.54 Å². The molecule has 1 aromatic heterocycles. The summed E-state index contributed by atoms with van der Waals surface area (Å²) in [5.74, 6) is -0.580. The van der Waals surface area contributed by atoms with E-state index in [0.717, 1.165) is 19.4 Å². The molecule has 100 valence electrons. The lowest BCUT2D eigenvalue weighted by molar-refractivity contribution is 0.0696. The fourth-order valence-electron chi connectivity index (χ4n) is 1.75. The van der Waals surface area contributed by atoms with E-state index < -0.39 is 5.97 Å². The van der Waals surface area contributed by atoms with E-state index in [-0.39, 0.29) is 5.56 Å². The third-order valence-corrected chi connectivity index (χ3v) is 2.99. The second kappa shape index (κ2) is 6.93. The highest BCUT2D eigenvalue weighted by atomic mass is 16.4. The molecule has 0 aliphatic carbocycles. The Morgan fingerprint density at radius 2 is 1.94 bits per heavy atom. The van der Waals surface area contributed by atoms with Gasteiger partial charge in [-0.3, -0.25) is 0 Å². The Morgan fingerprint density at radius 3 is 2.56 bits per heavy atom. The average molecular weight is 251 g/mol. The number of unbranched alkanes of at least 4 members (excludes halogenated alkanes) is 3. The molecule has 0 saturated heterocycles. The number of carbonyl (C=O) groups is 1. The van der Waals surface area contributed by atoms with Gasteiger partial charge in [-0.25, -0.2) is 4.79 Å². The lowest BCUT2D eigenvalue weighted by Gasteiger charge is -2.11. The Labute approximate surface area is 108 Å². The normalized spacial score (nSPS) is 10.4. The van der Waals surface area contributed by atoms with Crippen molar-refractivity contribution in [2.75, 3.05) is 11.9 Å². The van der Waals surface area contributed by atoms with Gasteiger partial charge < -0.3 is 10.4 Å². The number of anilines is 1. The van der Waals surface area contributed by atoms with E-state index in [0.29, 0.717) is 17.1 Å². The third kappa shape index (κ3) is 3.68. The quantitative estimate of drug-likeness (QED) is 0.729. The first-order valence-electron chi connectivity index (χ1n) is 6.39. The molecule has 5 heteroatoms. The van der Waals surface area contributed by atoms with Crippen LogP contribution in [-0.2, 0) is 0 Å². The Morgan fingerprint density at radius 1 is 1.22 bits per heavy atom. The van der Waals surface area contributed by atoms with Crippen LogP contribution >= 0.6 is 0 Å². The molecule has 0 bridgehead atoms. The minimum atomic E-state index is -0.957. The Bertz CT molecular complexity index is 419. The Hall–Kier alpha value is -1.65. The highest BCUT2D eigenvalue weighted by molar-refractivity contribution is 5.94. The van der Waals surface area contributed by atoms with Gasteiger partial charge in [-0.1, -0.05) is 26.2 Å². The summed E-state index contributed by atoms with van der Waals surface area (Å²) < 4.78 is 0. The lowest BCUT2D eigenvalue weighted by atomic mass is 10.1. The van der Waals surface area contributed by atoms with Gasteiger partial charge in [0.2, 0.25) is 0 Å². The summed E-state index contributed by atoms with van der Waals surface area (Å²) in [6.07, 6.45) is 4.54. The minimum absolute atomic E-state index is 0.234. The summed E-state index contributed by atoms with van der Waals surface area (Å²) in [6.45, 7) is 6.41. The van der Waals surface area contributed by atoms with Gasteiger partial charge in [0.05, 0.1) is 5.69 Å².